The van der Waals surface area contributed by atoms with E-state index in [1.165, 1.54) is 0 Å². The fourth-order valence-electron chi connectivity index (χ4n) is 1.62. The molecule has 0 radical (unpaired) electrons. The highest BCUT2D eigenvalue weighted by molar-refractivity contribution is 6.31. The van der Waals surface area contributed by atoms with Crippen molar-refractivity contribution in [3.8, 4) is 0 Å². The van der Waals surface area contributed by atoms with Crippen LogP contribution in [0.5, 0.6) is 0 Å². The maximum absolute atomic E-state index is 11.2. The Morgan fingerprint density at radius 2 is 2.21 bits per heavy atom. The highest BCUT2D eigenvalue weighted by atomic mass is 35.5. The molecule has 0 atom stereocenters. The van der Waals surface area contributed by atoms with Crippen LogP contribution in [0.1, 0.15) is 16.1 Å². The Labute approximate surface area is 85.9 Å². The Kier molecular flexibility index (Phi) is 1.97. The van der Waals surface area contributed by atoms with Crippen LogP contribution >= 0.6 is 11.6 Å². The summed E-state index contributed by atoms with van der Waals surface area (Å²) >= 11 is 5.84. The van der Waals surface area contributed by atoms with Gasteiger partial charge < -0.3 is 10.7 Å². The van der Waals surface area contributed by atoms with Crippen molar-refractivity contribution in [1.29, 1.82) is 0 Å². The van der Waals surface area contributed by atoms with Crippen molar-refractivity contribution >= 4 is 28.4 Å². The molecule has 0 spiro atoms. The van der Waals surface area contributed by atoms with Gasteiger partial charge in [0.2, 0.25) is 0 Å². The second kappa shape index (κ2) is 3.03. The fourth-order valence-corrected chi connectivity index (χ4v) is 1.79. The summed E-state index contributed by atoms with van der Waals surface area (Å²) in [4.78, 5) is 14.2. The van der Waals surface area contributed by atoms with Gasteiger partial charge >= 0.3 is 0 Å². The Bertz CT molecular complexity index is 516. The summed E-state index contributed by atoms with van der Waals surface area (Å²) in [6.07, 6.45) is 0. The molecule has 0 aliphatic heterocycles. The third-order valence-corrected chi connectivity index (χ3v) is 2.43. The van der Waals surface area contributed by atoms with Crippen molar-refractivity contribution in [1.82, 2.24) is 4.98 Å². The zero-order valence-corrected chi connectivity index (χ0v) is 8.35. The third-order valence-electron chi connectivity index (χ3n) is 2.19. The molecule has 1 heterocycles. The molecule has 3 N–H and O–H groups in total. The quantitative estimate of drug-likeness (QED) is 0.742. The van der Waals surface area contributed by atoms with Gasteiger partial charge in [-0.1, -0.05) is 11.6 Å². The molecule has 0 saturated carbocycles. The number of amides is 1. The largest absolute Gasteiger partial charge is 0.366 e. The number of primary amides is 1. The van der Waals surface area contributed by atoms with Gasteiger partial charge in [0, 0.05) is 21.6 Å². The average molecular weight is 209 g/mol. The Balaban J connectivity index is 2.86. The van der Waals surface area contributed by atoms with E-state index >= 15 is 0 Å². The Morgan fingerprint density at radius 1 is 1.50 bits per heavy atom. The van der Waals surface area contributed by atoms with Gasteiger partial charge in [-0.3, -0.25) is 4.79 Å². The number of halogens is 1. The number of aromatic amines is 1. The number of hydrogen-bond donors (Lipinski definition) is 2. The van der Waals surface area contributed by atoms with Crippen molar-refractivity contribution in [2.24, 2.45) is 5.73 Å². The fraction of sp³-hybridized carbons (Fsp3) is 0.100. The normalized spacial score (nSPS) is 10.7. The first-order valence-corrected chi connectivity index (χ1v) is 4.55. The zero-order chi connectivity index (χ0) is 10.3. The zero-order valence-electron chi connectivity index (χ0n) is 7.60. The molecule has 0 aliphatic rings. The molecule has 2 aromatic rings. The summed E-state index contributed by atoms with van der Waals surface area (Å²) in [5.74, 6) is -0.434. The van der Waals surface area contributed by atoms with E-state index in [2.05, 4.69) is 4.98 Å². The molecule has 0 unspecified atom stereocenters. The monoisotopic (exact) mass is 208 g/mol. The summed E-state index contributed by atoms with van der Waals surface area (Å²) in [7, 11) is 0. The summed E-state index contributed by atoms with van der Waals surface area (Å²) in [6.45, 7) is 1.81. The second-order valence-electron chi connectivity index (χ2n) is 3.18. The molecular formula is C10H9ClN2O. The molecule has 0 bridgehead atoms. The Hall–Kier alpha value is -1.48. The highest BCUT2D eigenvalue weighted by Gasteiger charge is 2.12. The standard InChI is InChI=1S/C10H9ClN2O/c1-5-9(10(12)14)7-4-6(11)2-3-8(7)13-5/h2-4,13H,1H3,(H2,12,14). The lowest BCUT2D eigenvalue weighted by Gasteiger charge is -1.94. The highest BCUT2D eigenvalue weighted by Crippen LogP contribution is 2.24. The minimum absolute atomic E-state index is 0.434. The first-order chi connectivity index (χ1) is 6.59. The molecule has 1 aromatic carbocycles. The van der Waals surface area contributed by atoms with Crippen LogP contribution in [-0.4, -0.2) is 10.9 Å². The number of H-pyrrole nitrogens is 1. The number of rotatable bonds is 1. The number of aryl methyl sites for hydroxylation is 1. The lowest BCUT2D eigenvalue weighted by atomic mass is 10.1. The number of carbonyl (C=O) groups excluding carboxylic acids is 1. The summed E-state index contributed by atoms with van der Waals surface area (Å²) in [6, 6.07) is 5.34. The summed E-state index contributed by atoms with van der Waals surface area (Å²) in [5.41, 5.74) is 7.44. The molecular weight excluding hydrogens is 200 g/mol. The van der Waals surface area contributed by atoms with Crippen LogP contribution in [0.2, 0.25) is 5.02 Å². The maximum atomic E-state index is 11.2. The van der Waals surface area contributed by atoms with Crippen LogP contribution in [-0.2, 0) is 0 Å². The van der Waals surface area contributed by atoms with E-state index in [1.54, 1.807) is 12.1 Å². The van der Waals surface area contributed by atoms with Gasteiger partial charge in [0.05, 0.1) is 5.56 Å². The number of nitrogens with two attached hydrogens (primary N) is 1. The second-order valence-corrected chi connectivity index (χ2v) is 3.62. The van der Waals surface area contributed by atoms with Crippen molar-refractivity contribution in [3.05, 3.63) is 34.5 Å². The van der Waals surface area contributed by atoms with Crippen LogP contribution in [0.4, 0.5) is 0 Å². The van der Waals surface area contributed by atoms with Crippen molar-refractivity contribution in [2.45, 2.75) is 6.92 Å². The molecule has 1 aromatic heterocycles. The van der Waals surface area contributed by atoms with Crippen molar-refractivity contribution in [2.75, 3.05) is 0 Å². The summed E-state index contributed by atoms with van der Waals surface area (Å²) in [5, 5.41) is 1.38. The number of benzene rings is 1. The van der Waals surface area contributed by atoms with Gasteiger partial charge in [-0.05, 0) is 25.1 Å². The molecule has 1 amide bonds. The number of aromatic nitrogens is 1. The molecule has 2 rings (SSSR count). The maximum Gasteiger partial charge on any atom is 0.251 e. The van der Waals surface area contributed by atoms with E-state index in [1.807, 2.05) is 13.0 Å². The SMILES string of the molecule is Cc1[nH]c2ccc(Cl)cc2c1C(N)=O. The molecule has 72 valence electrons. The van der Waals surface area contributed by atoms with Gasteiger partial charge in [-0.2, -0.15) is 0 Å². The predicted molar refractivity (Wildman–Crippen MR) is 56.6 cm³/mol. The average Bonchev–Trinajstić information content (AvgIpc) is 2.40. The lowest BCUT2D eigenvalue weighted by molar-refractivity contribution is 0.100. The van der Waals surface area contributed by atoms with Crippen LogP contribution in [0.3, 0.4) is 0 Å². The number of carbonyl (C=O) groups is 1. The third kappa shape index (κ3) is 1.26. The number of fused-ring (bicyclic) bond motifs is 1. The Morgan fingerprint density at radius 3 is 2.86 bits per heavy atom. The smallest absolute Gasteiger partial charge is 0.251 e. The van der Waals surface area contributed by atoms with Gasteiger partial charge in [0.1, 0.15) is 0 Å². The minimum atomic E-state index is -0.434. The van der Waals surface area contributed by atoms with Crippen LogP contribution in [0.15, 0.2) is 18.2 Å². The van der Waals surface area contributed by atoms with Gasteiger partial charge in [-0.15, -0.1) is 0 Å². The van der Waals surface area contributed by atoms with Gasteiger partial charge in [0.25, 0.3) is 5.91 Å². The molecule has 0 aliphatic carbocycles. The predicted octanol–water partition coefficient (Wildman–Crippen LogP) is 2.23. The van der Waals surface area contributed by atoms with E-state index in [9.17, 15) is 4.79 Å². The molecule has 14 heavy (non-hydrogen) atoms. The van der Waals surface area contributed by atoms with E-state index in [0.717, 1.165) is 16.6 Å². The summed E-state index contributed by atoms with van der Waals surface area (Å²) < 4.78 is 0. The molecule has 0 fully saturated rings. The first-order valence-electron chi connectivity index (χ1n) is 4.17. The number of nitrogens with one attached hydrogen (secondary N) is 1. The van der Waals surface area contributed by atoms with Gasteiger partial charge in [0.15, 0.2) is 0 Å². The van der Waals surface area contributed by atoms with Crippen LogP contribution in [0, 0.1) is 6.92 Å². The first kappa shape index (κ1) is 9.09. The van der Waals surface area contributed by atoms with Crippen LogP contribution < -0.4 is 5.73 Å². The van der Waals surface area contributed by atoms with E-state index in [4.69, 9.17) is 17.3 Å². The lowest BCUT2D eigenvalue weighted by Crippen LogP contribution is -2.11. The van der Waals surface area contributed by atoms with Crippen molar-refractivity contribution in [3.63, 3.8) is 0 Å². The molecule has 3 nitrogen and oxygen atoms in total. The molecule has 4 heteroatoms. The van der Waals surface area contributed by atoms with E-state index in [-0.39, 0.29) is 0 Å². The molecule has 0 saturated heterocycles. The van der Waals surface area contributed by atoms with Crippen LogP contribution in [0.25, 0.3) is 10.9 Å². The van der Waals surface area contributed by atoms with E-state index in [0.29, 0.717) is 10.6 Å². The minimum Gasteiger partial charge on any atom is -0.366 e. The van der Waals surface area contributed by atoms with Crippen molar-refractivity contribution < 1.29 is 4.79 Å². The van der Waals surface area contributed by atoms with E-state index < -0.39 is 5.91 Å². The topological polar surface area (TPSA) is 58.9 Å². The number of hydrogen-bond acceptors (Lipinski definition) is 1. The van der Waals surface area contributed by atoms with Gasteiger partial charge in [-0.25, -0.2) is 0 Å².